The van der Waals surface area contributed by atoms with Gasteiger partial charge in [0.15, 0.2) is 0 Å². The summed E-state index contributed by atoms with van der Waals surface area (Å²) < 4.78 is 4.58. The molecule has 0 amide bonds. The minimum Gasteiger partial charge on any atom is -0.550 e. The molecule has 0 radical (unpaired) electrons. The van der Waals surface area contributed by atoms with E-state index in [0.717, 1.165) is 0 Å². The van der Waals surface area contributed by atoms with E-state index in [2.05, 4.69) is 10.7 Å². The Morgan fingerprint density at radius 3 is 2.40 bits per heavy atom. The number of carboxylic acid groups (broad SMARTS) is 1. The van der Waals surface area contributed by atoms with E-state index in [-0.39, 0.29) is 12.8 Å². The third kappa shape index (κ3) is 4.03. The lowest BCUT2D eigenvalue weighted by molar-refractivity contribution is -0.306. The maximum atomic E-state index is 11.4. The van der Waals surface area contributed by atoms with Crippen LogP contribution in [0.2, 0.25) is 0 Å². The SMILES string of the molecule is C#CC(C)(C)C(CCC(=O)[O-])C(=O)OC. The first-order valence-corrected chi connectivity index (χ1v) is 4.60. The van der Waals surface area contributed by atoms with Gasteiger partial charge in [0.1, 0.15) is 0 Å². The van der Waals surface area contributed by atoms with Gasteiger partial charge in [0.2, 0.25) is 0 Å². The molecule has 4 nitrogen and oxygen atoms in total. The van der Waals surface area contributed by atoms with Gasteiger partial charge in [-0.25, -0.2) is 0 Å². The Bertz CT molecular complexity index is 285. The first kappa shape index (κ1) is 13.5. The van der Waals surface area contributed by atoms with Gasteiger partial charge in [-0.1, -0.05) is 5.92 Å². The third-order valence-electron chi connectivity index (χ3n) is 2.37. The van der Waals surface area contributed by atoms with Gasteiger partial charge in [-0.3, -0.25) is 4.79 Å². The van der Waals surface area contributed by atoms with Crippen LogP contribution in [0.5, 0.6) is 0 Å². The molecule has 1 atom stereocenters. The Kier molecular flexibility index (Phi) is 4.86. The smallest absolute Gasteiger partial charge is 0.310 e. The van der Waals surface area contributed by atoms with Crippen molar-refractivity contribution in [3.8, 4) is 12.3 Å². The molecule has 0 N–H and O–H groups in total. The van der Waals surface area contributed by atoms with E-state index in [4.69, 9.17) is 6.42 Å². The zero-order chi connectivity index (χ0) is 12.1. The largest absolute Gasteiger partial charge is 0.550 e. The molecule has 0 saturated heterocycles. The molecule has 0 fully saturated rings. The molecule has 0 aromatic carbocycles. The average molecular weight is 211 g/mol. The standard InChI is InChI=1S/C11H16O4/c1-5-11(2,3)8(10(14)15-4)6-7-9(12)13/h1,8H,6-7H2,2-4H3,(H,12,13)/p-1. The molecular weight excluding hydrogens is 196 g/mol. The fourth-order valence-electron chi connectivity index (χ4n) is 1.28. The van der Waals surface area contributed by atoms with Crippen molar-refractivity contribution in [3.63, 3.8) is 0 Å². The monoisotopic (exact) mass is 211 g/mol. The van der Waals surface area contributed by atoms with E-state index < -0.39 is 23.3 Å². The number of aliphatic carboxylic acids is 1. The van der Waals surface area contributed by atoms with E-state index in [9.17, 15) is 14.7 Å². The van der Waals surface area contributed by atoms with Gasteiger partial charge in [-0.15, -0.1) is 6.42 Å². The van der Waals surface area contributed by atoms with Crippen molar-refractivity contribution >= 4 is 11.9 Å². The zero-order valence-electron chi connectivity index (χ0n) is 9.20. The highest BCUT2D eigenvalue weighted by Gasteiger charge is 2.34. The Morgan fingerprint density at radius 1 is 1.53 bits per heavy atom. The number of esters is 1. The normalized spacial score (nSPS) is 12.7. The summed E-state index contributed by atoms with van der Waals surface area (Å²) in [6.45, 7) is 3.40. The van der Waals surface area contributed by atoms with E-state index in [1.54, 1.807) is 13.8 Å². The van der Waals surface area contributed by atoms with Crippen LogP contribution in [0.25, 0.3) is 0 Å². The number of terminal acetylenes is 1. The highest BCUT2D eigenvalue weighted by atomic mass is 16.5. The second kappa shape index (κ2) is 5.40. The van der Waals surface area contributed by atoms with E-state index in [1.165, 1.54) is 7.11 Å². The number of carbonyl (C=O) groups is 2. The van der Waals surface area contributed by atoms with Crippen molar-refractivity contribution in [2.24, 2.45) is 11.3 Å². The molecule has 0 aliphatic carbocycles. The van der Waals surface area contributed by atoms with E-state index in [1.807, 2.05) is 0 Å². The summed E-state index contributed by atoms with van der Waals surface area (Å²) >= 11 is 0. The first-order chi connectivity index (χ1) is 6.85. The van der Waals surface area contributed by atoms with Crippen molar-refractivity contribution in [1.82, 2.24) is 0 Å². The summed E-state index contributed by atoms with van der Waals surface area (Å²) in [7, 11) is 1.25. The van der Waals surface area contributed by atoms with Crippen molar-refractivity contribution in [2.45, 2.75) is 26.7 Å². The first-order valence-electron chi connectivity index (χ1n) is 4.60. The Balaban J connectivity index is 4.68. The topological polar surface area (TPSA) is 66.4 Å². The van der Waals surface area contributed by atoms with E-state index in [0.29, 0.717) is 0 Å². The van der Waals surface area contributed by atoms with Crippen LogP contribution in [-0.2, 0) is 14.3 Å². The van der Waals surface area contributed by atoms with Crippen molar-refractivity contribution in [3.05, 3.63) is 0 Å². The minimum absolute atomic E-state index is 0.131. The van der Waals surface area contributed by atoms with Crippen LogP contribution >= 0.6 is 0 Å². The van der Waals surface area contributed by atoms with E-state index >= 15 is 0 Å². The Labute approximate surface area is 89.6 Å². The summed E-state index contributed by atoms with van der Waals surface area (Å²) in [5, 5.41) is 10.3. The summed E-state index contributed by atoms with van der Waals surface area (Å²) in [5.41, 5.74) is -0.720. The molecule has 0 heterocycles. The average Bonchev–Trinajstić information content (AvgIpc) is 2.16. The third-order valence-corrected chi connectivity index (χ3v) is 2.37. The van der Waals surface area contributed by atoms with Crippen LogP contribution in [0.15, 0.2) is 0 Å². The quantitative estimate of drug-likeness (QED) is 0.473. The summed E-state index contributed by atoms with van der Waals surface area (Å²) in [6, 6.07) is 0. The molecule has 0 spiro atoms. The highest BCUT2D eigenvalue weighted by molar-refractivity contribution is 5.75. The number of hydrogen-bond donors (Lipinski definition) is 0. The lowest BCUT2D eigenvalue weighted by Gasteiger charge is -2.27. The van der Waals surface area contributed by atoms with Crippen LogP contribution in [0.1, 0.15) is 26.7 Å². The lowest BCUT2D eigenvalue weighted by atomic mass is 9.77. The van der Waals surface area contributed by atoms with Gasteiger partial charge in [-0.05, 0) is 26.7 Å². The molecular formula is C11H15O4-. The summed E-state index contributed by atoms with van der Waals surface area (Å²) in [5.74, 6) is 0.162. The number of carbonyl (C=O) groups excluding carboxylic acids is 2. The fourth-order valence-corrected chi connectivity index (χ4v) is 1.28. The molecule has 1 unspecified atom stereocenters. The fraction of sp³-hybridized carbons (Fsp3) is 0.636. The van der Waals surface area contributed by atoms with Crippen molar-refractivity contribution in [2.75, 3.05) is 7.11 Å². The zero-order valence-corrected chi connectivity index (χ0v) is 9.20. The molecule has 0 saturated carbocycles. The predicted octanol–water partition coefficient (Wildman–Crippen LogP) is -0.0349. The molecule has 0 bridgehead atoms. The van der Waals surface area contributed by atoms with Gasteiger partial charge >= 0.3 is 5.97 Å². The van der Waals surface area contributed by atoms with Crippen LogP contribution < -0.4 is 5.11 Å². The number of rotatable bonds is 5. The second-order valence-electron chi connectivity index (χ2n) is 3.85. The minimum atomic E-state index is -1.20. The number of carboxylic acids is 1. The van der Waals surface area contributed by atoms with Gasteiger partial charge < -0.3 is 14.6 Å². The summed E-state index contributed by atoms with van der Waals surface area (Å²) in [4.78, 5) is 21.7. The van der Waals surface area contributed by atoms with Gasteiger partial charge in [0.05, 0.1) is 13.0 Å². The predicted molar refractivity (Wildman–Crippen MR) is 52.4 cm³/mol. The Morgan fingerprint density at radius 2 is 2.07 bits per heavy atom. The Hall–Kier alpha value is -1.50. The highest BCUT2D eigenvalue weighted by Crippen LogP contribution is 2.30. The molecule has 4 heteroatoms. The maximum Gasteiger partial charge on any atom is 0.310 e. The summed E-state index contributed by atoms with van der Waals surface area (Å²) in [6.07, 6.45) is 5.21. The van der Waals surface area contributed by atoms with Crippen LogP contribution in [-0.4, -0.2) is 19.0 Å². The van der Waals surface area contributed by atoms with Gasteiger partial charge in [-0.2, -0.15) is 0 Å². The molecule has 0 aliphatic heterocycles. The molecule has 84 valence electrons. The molecule has 0 aromatic heterocycles. The van der Waals surface area contributed by atoms with Gasteiger partial charge in [0.25, 0.3) is 0 Å². The van der Waals surface area contributed by atoms with Crippen LogP contribution in [0.3, 0.4) is 0 Å². The van der Waals surface area contributed by atoms with Crippen LogP contribution in [0.4, 0.5) is 0 Å². The van der Waals surface area contributed by atoms with Gasteiger partial charge in [0, 0.05) is 11.4 Å². The van der Waals surface area contributed by atoms with Crippen LogP contribution in [0, 0.1) is 23.7 Å². The number of methoxy groups -OCH3 is 1. The maximum absolute atomic E-state index is 11.4. The number of ether oxygens (including phenoxy) is 1. The van der Waals surface area contributed by atoms with Crippen molar-refractivity contribution in [1.29, 1.82) is 0 Å². The molecule has 15 heavy (non-hydrogen) atoms. The molecule has 0 aromatic rings. The molecule has 0 rings (SSSR count). The lowest BCUT2D eigenvalue weighted by Crippen LogP contribution is -2.33. The second-order valence-corrected chi connectivity index (χ2v) is 3.85. The number of hydrogen-bond acceptors (Lipinski definition) is 4. The molecule has 0 aliphatic rings. The van der Waals surface area contributed by atoms with Crippen molar-refractivity contribution < 1.29 is 19.4 Å².